The molecule has 1 heterocycles. The molecule has 16 heavy (non-hydrogen) atoms. The fraction of sp³-hybridized carbons (Fsp3) is 0.111. The van der Waals surface area contributed by atoms with Crippen LogP contribution in [0.25, 0.3) is 10.9 Å². The zero-order valence-electron chi connectivity index (χ0n) is 8.20. The number of methoxy groups -OCH3 is 1. The van der Waals surface area contributed by atoms with Crippen LogP contribution >= 0.6 is 44.3 Å². The lowest BCUT2D eigenvalue weighted by Crippen LogP contribution is -2.01. The van der Waals surface area contributed by atoms with Gasteiger partial charge in [-0.2, -0.15) is 5.10 Å². The lowest BCUT2D eigenvalue weighted by atomic mass is 10.1. The molecular weight excluding hydrogens is 406 g/mol. The molecular formula is C9H7BrIN2O2P. The molecule has 0 aliphatic carbocycles. The minimum Gasteiger partial charge on any atom is -0.465 e. The summed E-state index contributed by atoms with van der Waals surface area (Å²) < 4.78 is 7.44. The number of nitrogens with zero attached hydrogens (tertiary/aromatic N) is 2. The summed E-state index contributed by atoms with van der Waals surface area (Å²) in [6.45, 7) is 0. The molecule has 0 bridgehead atoms. The van der Waals surface area contributed by atoms with Crippen LogP contribution < -0.4 is 0 Å². The monoisotopic (exact) mass is 412 g/mol. The molecule has 84 valence electrons. The Morgan fingerprint density at radius 2 is 2.38 bits per heavy atom. The van der Waals surface area contributed by atoms with Gasteiger partial charge in [-0.3, -0.25) is 0 Å². The maximum atomic E-state index is 11.6. The molecule has 0 saturated heterocycles. The fourth-order valence-electron chi connectivity index (χ4n) is 1.44. The van der Waals surface area contributed by atoms with Crippen molar-refractivity contribution in [3.05, 3.63) is 28.4 Å². The fourth-order valence-corrected chi connectivity index (χ4v) is 3.41. The van der Waals surface area contributed by atoms with Crippen molar-refractivity contribution >= 4 is 61.2 Å². The first-order valence-corrected chi connectivity index (χ1v) is 9.15. The summed E-state index contributed by atoms with van der Waals surface area (Å²) in [5.41, 5.74) is 1.47. The van der Waals surface area contributed by atoms with Crippen molar-refractivity contribution in [2.24, 2.45) is 0 Å². The second-order valence-electron chi connectivity index (χ2n) is 3.02. The van der Waals surface area contributed by atoms with Crippen molar-refractivity contribution in [1.82, 2.24) is 9.55 Å². The number of carbonyl (C=O) groups excluding carboxylic acids is 1. The van der Waals surface area contributed by atoms with Gasteiger partial charge in [0.1, 0.15) is 0 Å². The third kappa shape index (κ3) is 2.10. The van der Waals surface area contributed by atoms with E-state index in [0.717, 1.165) is 15.4 Å². The third-order valence-electron chi connectivity index (χ3n) is 2.14. The van der Waals surface area contributed by atoms with E-state index in [2.05, 4.69) is 43.1 Å². The number of ether oxygens (including phenoxy) is 1. The van der Waals surface area contributed by atoms with Crippen molar-refractivity contribution in [3.8, 4) is 0 Å². The average Bonchev–Trinajstić information content (AvgIpc) is 2.69. The highest BCUT2D eigenvalue weighted by Gasteiger charge is 2.14. The maximum absolute atomic E-state index is 11.6. The highest BCUT2D eigenvalue weighted by molar-refractivity contribution is 14.2. The summed E-state index contributed by atoms with van der Waals surface area (Å²) in [5, 5.41) is 5.04. The van der Waals surface area contributed by atoms with Gasteiger partial charge in [-0.15, -0.1) is 0 Å². The summed E-state index contributed by atoms with van der Waals surface area (Å²) >= 11 is 5.63. The Balaban J connectivity index is 2.74. The van der Waals surface area contributed by atoms with Gasteiger partial charge < -0.3 is 4.74 Å². The van der Waals surface area contributed by atoms with Gasteiger partial charge in [0.2, 0.25) is 0 Å². The number of halogens is 2. The van der Waals surface area contributed by atoms with E-state index in [1.54, 1.807) is 12.3 Å². The SMILES string of the molecule is COC(=O)c1cc(Br)cc2c1cnn2PI. The van der Waals surface area contributed by atoms with E-state index in [4.69, 9.17) is 4.74 Å². The van der Waals surface area contributed by atoms with Crippen LogP contribution in [0.15, 0.2) is 22.8 Å². The highest BCUT2D eigenvalue weighted by Crippen LogP contribution is 2.32. The van der Waals surface area contributed by atoms with E-state index in [1.807, 2.05) is 10.5 Å². The molecule has 2 rings (SSSR count). The van der Waals surface area contributed by atoms with Crippen molar-refractivity contribution in [2.45, 2.75) is 0 Å². The molecule has 1 aromatic heterocycles. The van der Waals surface area contributed by atoms with Gasteiger partial charge >= 0.3 is 5.97 Å². The summed E-state index contributed by atoms with van der Waals surface area (Å²) in [7, 11) is 1.37. The summed E-state index contributed by atoms with van der Waals surface area (Å²) in [4.78, 5) is 11.6. The summed E-state index contributed by atoms with van der Waals surface area (Å²) in [6.07, 6.45) is 2.19. The lowest BCUT2D eigenvalue weighted by molar-refractivity contribution is 0.0603. The molecule has 2 aromatic rings. The predicted octanol–water partition coefficient (Wildman–Crippen LogP) is 3.38. The first kappa shape index (κ1) is 12.3. The minimum absolute atomic E-state index is 0.345. The summed E-state index contributed by atoms with van der Waals surface area (Å²) in [5.74, 6) is -0.345. The molecule has 1 atom stereocenters. The van der Waals surface area contributed by atoms with E-state index < -0.39 is 0 Å². The molecule has 4 nitrogen and oxygen atoms in total. The quantitative estimate of drug-likeness (QED) is 0.431. The van der Waals surface area contributed by atoms with Crippen LogP contribution in [0.1, 0.15) is 10.4 Å². The summed E-state index contributed by atoms with van der Waals surface area (Å²) in [6, 6.07) is 3.69. The van der Waals surface area contributed by atoms with Gasteiger partial charge in [0.25, 0.3) is 0 Å². The Hall–Kier alpha value is -0.200. The second kappa shape index (κ2) is 4.98. The largest absolute Gasteiger partial charge is 0.465 e. The van der Waals surface area contributed by atoms with E-state index in [0.29, 0.717) is 11.9 Å². The number of carbonyl (C=O) groups is 1. The number of benzene rings is 1. The molecule has 0 aliphatic rings. The molecule has 0 N–H and O–H groups in total. The number of aromatic nitrogens is 2. The Labute approximate surface area is 115 Å². The standard InChI is InChI=1S/C9H7BrIN2O2P/c1-15-9(14)6-2-5(10)3-8-7(6)4-12-13(8)16-11/h2-4,16H,1H3. The Morgan fingerprint density at radius 3 is 3.00 bits per heavy atom. The number of hydrogen-bond donors (Lipinski definition) is 0. The Morgan fingerprint density at radius 1 is 1.62 bits per heavy atom. The Kier molecular flexibility index (Phi) is 3.81. The van der Waals surface area contributed by atoms with E-state index in [-0.39, 0.29) is 5.97 Å². The van der Waals surface area contributed by atoms with Crippen LogP contribution in [0.2, 0.25) is 0 Å². The molecule has 0 spiro atoms. The molecule has 0 radical (unpaired) electrons. The highest BCUT2D eigenvalue weighted by atomic mass is 127. The minimum atomic E-state index is -0.345. The molecule has 7 heteroatoms. The third-order valence-corrected chi connectivity index (χ3v) is 4.48. The zero-order chi connectivity index (χ0) is 11.7. The van der Waals surface area contributed by atoms with E-state index >= 15 is 0 Å². The van der Waals surface area contributed by atoms with Crippen LogP contribution in [-0.4, -0.2) is 22.6 Å². The van der Waals surface area contributed by atoms with Crippen molar-refractivity contribution in [3.63, 3.8) is 0 Å². The van der Waals surface area contributed by atoms with Crippen LogP contribution in [0.3, 0.4) is 0 Å². The van der Waals surface area contributed by atoms with Crippen LogP contribution in [0.5, 0.6) is 0 Å². The van der Waals surface area contributed by atoms with Gasteiger partial charge in [-0.25, -0.2) is 9.25 Å². The van der Waals surface area contributed by atoms with Crippen LogP contribution in [0.4, 0.5) is 0 Å². The Bertz CT molecular complexity index is 558. The van der Waals surface area contributed by atoms with Crippen molar-refractivity contribution < 1.29 is 9.53 Å². The van der Waals surface area contributed by atoms with Gasteiger partial charge in [-0.05, 0) is 34.2 Å². The van der Waals surface area contributed by atoms with Gasteiger partial charge in [0.05, 0.1) is 30.8 Å². The number of fused-ring (bicyclic) bond motifs is 1. The lowest BCUT2D eigenvalue weighted by Gasteiger charge is -2.03. The topological polar surface area (TPSA) is 44.1 Å². The molecule has 0 fully saturated rings. The number of hydrogen-bond acceptors (Lipinski definition) is 3. The maximum Gasteiger partial charge on any atom is 0.338 e. The van der Waals surface area contributed by atoms with Crippen LogP contribution in [-0.2, 0) is 4.74 Å². The average molecular weight is 413 g/mol. The predicted molar refractivity (Wildman–Crippen MR) is 76.5 cm³/mol. The molecule has 0 aliphatic heterocycles. The number of rotatable bonds is 2. The van der Waals surface area contributed by atoms with Gasteiger partial charge in [0.15, 0.2) is 0 Å². The smallest absolute Gasteiger partial charge is 0.338 e. The molecule has 1 unspecified atom stereocenters. The van der Waals surface area contributed by atoms with Gasteiger partial charge in [0, 0.05) is 9.86 Å². The van der Waals surface area contributed by atoms with Gasteiger partial charge in [-0.1, -0.05) is 15.9 Å². The zero-order valence-corrected chi connectivity index (χ0v) is 12.9. The van der Waals surface area contributed by atoms with E-state index in [9.17, 15) is 4.79 Å². The molecule has 0 amide bonds. The number of esters is 1. The first-order chi connectivity index (χ1) is 7.67. The van der Waals surface area contributed by atoms with Crippen LogP contribution in [0, 0.1) is 0 Å². The first-order valence-electron chi connectivity index (χ1n) is 4.29. The van der Waals surface area contributed by atoms with Crippen molar-refractivity contribution in [1.29, 1.82) is 0 Å². The van der Waals surface area contributed by atoms with Crippen molar-refractivity contribution in [2.75, 3.05) is 7.11 Å². The second-order valence-corrected chi connectivity index (χ2v) is 5.97. The molecule has 0 saturated carbocycles. The van der Waals surface area contributed by atoms with E-state index in [1.165, 1.54) is 7.11 Å². The normalized spacial score (nSPS) is 11.4. The molecule has 1 aromatic carbocycles.